The predicted octanol–water partition coefficient (Wildman–Crippen LogP) is -1.94. The van der Waals surface area contributed by atoms with E-state index < -0.39 is 0 Å². The Balaban J connectivity index is 1.69. The van der Waals surface area contributed by atoms with Crippen LogP contribution in [0.1, 0.15) is 0 Å². The smallest absolute Gasteiger partial charge is 0.0984 e. The molecular formula is C32H64N4O12. The third-order valence-electron chi connectivity index (χ3n) is 7.68. The van der Waals surface area contributed by atoms with Crippen molar-refractivity contribution in [2.75, 3.05) is 185 Å². The molecule has 0 amide bonds. The lowest BCUT2D eigenvalue weighted by atomic mass is 10.1. The molecule has 0 aromatic carbocycles. The molecule has 0 bridgehead atoms. The van der Waals surface area contributed by atoms with Gasteiger partial charge in [-0.15, -0.1) is 0 Å². The minimum atomic E-state index is -0.313. The molecule has 4 atom stereocenters. The summed E-state index contributed by atoms with van der Waals surface area (Å²) in [5.41, 5.74) is 0. The van der Waals surface area contributed by atoms with E-state index in [1.165, 1.54) is 0 Å². The van der Waals surface area contributed by atoms with E-state index in [0.717, 1.165) is 13.1 Å². The van der Waals surface area contributed by atoms with Gasteiger partial charge in [0, 0.05) is 39.3 Å². The van der Waals surface area contributed by atoms with E-state index in [9.17, 15) is 0 Å². The van der Waals surface area contributed by atoms with Gasteiger partial charge in [0.15, 0.2) is 0 Å². The number of hydrogen-bond acceptors (Lipinski definition) is 16. The summed E-state index contributed by atoms with van der Waals surface area (Å²) in [4.78, 5) is 0. The SMILES string of the molecule is C1COCCOCCNC(C2COCCOCCOCCOCCNC(C3CNCCOCCOCCOCCO3)CO2)COCCN1. The first-order chi connectivity index (χ1) is 23.9. The van der Waals surface area contributed by atoms with Crippen molar-refractivity contribution in [2.45, 2.75) is 24.3 Å². The quantitative estimate of drug-likeness (QED) is 0.253. The molecule has 3 aliphatic heterocycles. The minimum Gasteiger partial charge on any atom is -0.378 e. The molecular weight excluding hydrogens is 632 g/mol. The van der Waals surface area contributed by atoms with Gasteiger partial charge in [-0.25, -0.2) is 0 Å². The Morgan fingerprint density at radius 3 is 1.25 bits per heavy atom. The van der Waals surface area contributed by atoms with Crippen molar-refractivity contribution in [1.82, 2.24) is 21.3 Å². The molecule has 48 heavy (non-hydrogen) atoms. The first-order valence-corrected chi connectivity index (χ1v) is 17.8. The van der Waals surface area contributed by atoms with Gasteiger partial charge in [-0.1, -0.05) is 0 Å². The Hall–Kier alpha value is -0.640. The van der Waals surface area contributed by atoms with E-state index in [0.29, 0.717) is 172 Å². The highest BCUT2D eigenvalue weighted by atomic mass is 16.6. The minimum absolute atomic E-state index is 0.140. The van der Waals surface area contributed by atoms with Crippen molar-refractivity contribution >= 4 is 0 Å². The van der Waals surface area contributed by atoms with Crippen LogP contribution in [0.25, 0.3) is 0 Å². The Morgan fingerprint density at radius 1 is 0.292 bits per heavy atom. The third-order valence-corrected chi connectivity index (χ3v) is 7.68. The largest absolute Gasteiger partial charge is 0.378 e. The van der Waals surface area contributed by atoms with E-state index in [1.807, 2.05) is 0 Å². The fourth-order valence-electron chi connectivity index (χ4n) is 5.05. The topological polar surface area (TPSA) is 159 Å². The third kappa shape index (κ3) is 22.2. The Bertz CT molecular complexity index is 619. The normalized spacial score (nSPS) is 31.0. The molecule has 0 radical (unpaired) electrons. The molecule has 284 valence electrons. The van der Waals surface area contributed by atoms with Crippen LogP contribution in [0, 0.1) is 0 Å². The molecule has 3 saturated heterocycles. The molecule has 4 N–H and O–H groups in total. The van der Waals surface area contributed by atoms with Crippen LogP contribution in [-0.4, -0.2) is 209 Å². The average molecular weight is 697 g/mol. The summed E-state index contributed by atoms with van der Waals surface area (Å²) in [5, 5.41) is 14.1. The van der Waals surface area contributed by atoms with Crippen LogP contribution in [0.5, 0.6) is 0 Å². The van der Waals surface area contributed by atoms with E-state index >= 15 is 0 Å². The van der Waals surface area contributed by atoms with Gasteiger partial charge in [0.2, 0.25) is 0 Å². The average Bonchev–Trinajstić information content (AvgIpc) is 3.11. The molecule has 0 spiro atoms. The second-order valence-corrected chi connectivity index (χ2v) is 11.4. The van der Waals surface area contributed by atoms with Gasteiger partial charge in [-0.2, -0.15) is 0 Å². The molecule has 0 saturated carbocycles. The lowest BCUT2D eigenvalue weighted by molar-refractivity contribution is -0.0852. The van der Waals surface area contributed by atoms with Gasteiger partial charge in [0.25, 0.3) is 0 Å². The van der Waals surface area contributed by atoms with Crippen molar-refractivity contribution in [3.05, 3.63) is 0 Å². The molecule has 0 aliphatic carbocycles. The summed E-state index contributed by atoms with van der Waals surface area (Å²) >= 11 is 0. The molecule has 16 heteroatoms. The Kier molecular flexibility index (Phi) is 27.1. The molecule has 3 heterocycles. The van der Waals surface area contributed by atoms with Crippen LogP contribution >= 0.6 is 0 Å². The number of hydrogen-bond donors (Lipinski definition) is 4. The first kappa shape index (κ1) is 41.8. The molecule has 4 unspecified atom stereocenters. The van der Waals surface area contributed by atoms with E-state index in [4.69, 9.17) is 56.8 Å². The van der Waals surface area contributed by atoms with Crippen LogP contribution in [0.2, 0.25) is 0 Å². The van der Waals surface area contributed by atoms with Crippen molar-refractivity contribution in [3.8, 4) is 0 Å². The van der Waals surface area contributed by atoms with Crippen LogP contribution < -0.4 is 21.3 Å². The van der Waals surface area contributed by atoms with Gasteiger partial charge in [-0.05, 0) is 0 Å². The van der Waals surface area contributed by atoms with E-state index in [-0.39, 0.29) is 24.3 Å². The first-order valence-electron chi connectivity index (χ1n) is 17.8. The summed E-state index contributed by atoms with van der Waals surface area (Å²) in [7, 11) is 0. The highest BCUT2D eigenvalue weighted by Gasteiger charge is 2.28. The summed E-state index contributed by atoms with van der Waals surface area (Å²) in [6, 6.07) is -0.295. The molecule has 3 aliphatic rings. The van der Waals surface area contributed by atoms with Gasteiger partial charge in [0.1, 0.15) is 0 Å². The standard InChI is InChI=1S/C32H64N4O12/c1-6-37-11-12-39-9-4-35-29(26-45-8-2-33-1)32-28-46-22-21-43-18-17-42-16-14-40-10-5-36-30(27-48-32)31-25-34-3-7-38-13-15-41-19-20-44-23-24-47-31/h29-36H,1-28H2. The zero-order chi connectivity index (χ0) is 33.4. The second-order valence-electron chi connectivity index (χ2n) is 11.4. The molecule has 0 aromatic heterocycles. The predicted molar refractivity (Wildman–Crippen MR) is 177 cm³/mol. The maximum atomic E-state index is 6.72. The van der Waals surface area contributed by atoms with E-state index in [2.05, 4.69) is 21.3 Å². The van der Waals surface area contributed by atoms with Crippen LogP contribution in [0.4, 0.5) is 0 Å². The fourth-order valence-corrected chi connectivity index (χ4v) is 5.05. The Morgan fingerprint density at radius 2 is 0.688 bits per heavy atom. The zero-order valence-corrected chi connectivity index (χ0v) is 29.0. The van der Waals surface area contributed by atoms with Gasteiger partial charge >= 0.3 is 0 Å². The van der Waals surface area contributed by atoms with Crippen molar-refractivity contribution in [2.24, 2.45) is 0 Å². The molecule has 3 fully saturated rings. The lowest BCUT2D eigenvalue weighted by Crippen LogP contribution is -2.54. The molecule has 3 rings (SSSR count). The van der Waals surface area contributed by atoms with Crippen molar-refractivity contribution < 1.29 is 56.8 Å². The van der Waals surface area contributed by atoms with Crippen LogP contribution in [0.3, 0.4) is 0 Å². The van der Waals surface area contributed by atoms with Gasteiger partial charge < -0.3 is 78.1 Å². The van der Waals surface area contributed by atoms with Gasteiger partial charge in [-0.3, -0.25) is 0 Å². The summed E-state index contributed by atoms with van der Waals surface area (Å²) in [6.45, 7) is 15.2. The summed E-state index contributed by atoms with van der Waals surface area (Å²) < 4.78 is 70.9. The van der Waals surface area contributed by atoms with Crippen LogP contribution in [0.15, 0.2) is 0 Å². The second kappa shape index (κ2) is 31.1. The van der Waals surface area contributed by atoms with Crippen molar-refractivity contribution in [1.29, 1.82) is 0 Å². The zero-order valence-electron chi connectivity index (χ0n) is 29.0. The molecule has 0 aromatic rings. The molecule has 16 nitrogen and oxygen atoms in total. The Labute approximate surface area is 287 Å². The van der Waals surface area contributed by atoms with Gasteiger partial charge in [0.05, 0.1) is 170 Å². The highest BCUT2D eigenvalue weighted by molar-refractivity contribution is 4.83. The number of ether oxygens (including phenoxy) is 12. The fraction of sp³-hybridized carbons (Fsp3) is 1.00. The monoisotopic (exact) mass is 696 g/mol. The maximum Gasteiger partial charge on any atom is 0.0984 e. The summed E-state index contributed by atoms with van der Waals surface area (Å²) in [6.07, 6.45) is -0.524. The lowest BCUT2D eigenvalue weighted by Gasteiger charge is -2.33. The van der Waals surface area contributed by atoms with Crippen LogP contribution in [-0.2, 0) is 56.8 Å². The number of rotatable bonds is 2. The van der Waals surface area contributed by atoms with E-state index in [1.54, 1.807) is 0 Å². The number of nitrogens with one attached hydrogen (secondary N) is 4. The maximum absolute atomic E-state index is 6.72. The van der Waals surface area contributed by atoms with Crippen molar-refractivity contribution in [3.63, 3.8) is 0 Å². The summed E-state index contributed by atoms with van der Waals surface area (Å²) in [5.74, 6) is 0. The highest BCUT2D eigenvalue weighted by Crippen LogP contribution is 2.09.